The third-order valence-electron chi connectivity index (χ3n) is 4.77. The molecule has 1 saturated heterocycles. The van der Waals surface area contributed by atoms with Gasteiger partial charge >= 0.3 is 22.6 Å². The van der Waals surface area contributed by atoms with Gasteiger partial charge < -0.3 is 9.83 Å². The molecule has 2 rings (SSSR count). The van der Waals surface area contributed by atoms with Gasteiger partial charge in [0.05, 0.1) is 0 Å². The molecule has 0 amide bonds. The quantitative estimate of drug-likeness (QED) is 0.705. The zero-order valence-electron chi connectivity index (χ0n) is 14.2. The molecule has 0 aromatic heterocycles. The van der Waals surface area contributed by atoms with Crippen molar-refractivity contribution >= 4 is 28.7 Å². The molecule has 1 aromatic rings. The molecule has 1 atom stereocenters. The first-order valence-electron chi connectivity index (χ1n) is 8.25. The largest absolute Gasteiger partial charge is 0.511 e. The molecular weight excluding hydrogens is 392 g/mol. The molecule has 1 aliphatic heterocycles. The van der Waals surface area contributed by atoms with Gasteiger partial charge in [-0.3, -0.25) is 0 Å². The topological polar surface area (TPSA) is 69.6 Å². The summed E-state index contributed by atoms with van der Waals surface area (Å²) in [5, 5.41) is 10.1. The highest BCUT2D eigenvalue weighted by Crippen LogP contribution is 2.34. The number of hydrogen-bond acceptors (Lipinski definition) is 4. The maximum atomic E-state index is 12.6. The van der Waals surface area contributed by atoms with Gasteiger partial charge in [0.2, 0.25) is 0 Å². The summed E-state index contributed by atoms with van der Waals surface area (Å²) in [6.07, 6.45) is 1.29. The van der Waals surface area contributed by atoms with E-state index in [0.717, 1.165) is 5.56 Å². The average molecular weight is 413 g/mol. The van der Waals surface area contributed by atoms with Crippen LogP contribution >= 0.6 is 11.6 Å². The van der Waals surface area contributed by atoms with Gasteiger partial charge in [-0.1, -0.05) is 23.7 Å². The van der Waals surface area contributed by atoms with Crippen LogP contribution < -0.4 is 4.72 Å². The van der Waals surface area contributed by atoms with Crippen molar-refractivity contribution in [1.29, 1.82) is 0 Å². The minimum absolute atomic E-state index is 0.0119. The maximum Gasteiger partial charge on any atom is 0.511 e. The lowest BCUT2D eigenvalue weighted by molar-refractivity contribution is -0.0448. The highest BCUT2D eigenvalue weighted by Gasteiger charge is 2.46. The first-order chi connectivity index (χ1) is 12.0. The number of nitrogens with zero attached hydrogens (tertiary/aromatic N) is 1. The van der Waals surface area contributed by atoms with E-state index in [1.165, 1.54) is 0 Å². The summed E-state index contributed by atoms with van der Waals surface area (Å²) in [5.41, 5.74) is -4.61. The number of rotatable bonds is 6. The molecule has 2 N–H and O–H groups in total. The van der Waals surface area contributed by atoms with Crippen LogP contribution in [0.25, 0.3) is 0 Å². The molecule has 0 spiro atoms. The van der Waals surface area contributed by atoms with Crippen molar-refractivity contribution in [2.75, 3.05) is 19.6 Å². The van der Waals surface area contributed by atoms with Crippen molar-refractivity contribution in [3.05, 3.63) is 34.9 Å². The first-order valence-corrected chi connectivity index (χ1v) is 10.1. The van der Waals surface area contributed by atoms with Crippen LogP contribution in [-0.2, 0) is 10.0 Å². The normalized spacial score (nSPS) is 18.7. The van der Waals surface area contributed by atoms with E-state index >= 15 is 0 Å². The van der Waals surface area contributed by atoms with Crippen molar-refractivity contribution in [2.24, 2.45) is 5.92 Å². The van der Waals surface area contributed by atoms with Gasteiger partial charge in [-0.2, -0.15) is 13.2 Å². The molecular formula is C15H21BClF3N2O3S. The summed E-state index contributed by atoms with van der Waals surface area (Å²) in [6.45, 7) is 2.51. The fourth-order valence-corrected chi connectivity index (χ4v) is 3.93. The van der Waals surface area contributed by atoms with Crippen molar-refractivity contribution < 1.29 is 26.6 Å². The lowest BCUT2D eigenvalue weighted by Crippen LogP contribution is -2.45. The molecule has 11 heteroatoms. The second kappa shape index (κ2) is 8.47. The summed E-state index contributed by atoms with van der Waals surface area (Å²) in [7, 11) is -5.99. The van der Waals surface area contributed by atoms with Crippen LogP contribution in [-0.4, -0.2) is 50.4 Å². The number of alkyl halides is 3. The predicted molar refractivity (Wildman–Crippen MR) is 95.3 cm³/mol. The fourth-order valence-electron chi connectivity index (χ4n) is 3.24. The van der Waals surface area contributed by atoms with Crippen LogP contribution in [0.4, 0.5) is 13.2 Å². The fraction of sp³-hybridized carbons (Fsp3) is 0.600. The molecule has 1 heterocycles. The van der Waals surface area contributed by atoms with Gasteiger partial charge in [0.25, 0.3) is 0 Å². The molecule has 1 aromatic carbocycles. The summed E-state index contributed by atoms with van der Waals surface area (Å²) in [6, 6.07) is 6.67. The van der Waals surface area contributed by atoms with E-state index in [2.05, 4.69) is 0 Å². The van der Waals surface area contributed by atoms with Crippen LogP contribution in [0.2, 0.25) is 11.8 Å². The van der Waals surface area contributed by atoms with Gasteiger partial charge in [-0.15, -0.1) is 0 Å². The van der Waals surface area contributed by atoms with E-state index < -0.39 is 28.5 Å². The molecule has 1 aliphatic rings. The van der Waals surface area contributed by atoms with Crippen LogP contribution in [0.3, 0.4) is 0 Å². The number of piperidine rings is 1. The number of nitrogens with one attached hydrogen (secondary N) is 1. The van der Waals surface area contributed by atoms with Gasteiger partial charge in [0.15, 0.2) is 0 Å². The van der Waals surface area contributed by atoms with Crippen LogP contribution in [0.1, 0.15) is 24.3 Å². The second-order valence-electron chi connectivity index (χ2n) is 6.46. The van der Waals surface area contributed by atoms with Crippen LogP contribution in [0.5, 0.6) is 0 Å². The van der Waals surface area contributed by atoms with Crippen molar-refractivity contribution in [3.63, 3.8) is 0 Å². The van der Waals surface area contributed by atoms with E-state index in [0.29, 0.717) is 31.0 Å². The third-order valence-corrected chi connectivity index (χ3v) is 6.18. The summed E-state index contributed by atoms with van der Waals surface area (Å²) in [5.74, 6) is -0.428. The molecule has 1 fully saturated rings. The van der Waals surface area contributed by atoms with Crippen LogP contribution in [0.15, 0.2) is 24.3 Å². The van der Waals surface area contributed by atoms with Gasteiger partial charge in [0, 0.05) is 17.5 Å². The van der Waals surface area contributed by atoms with E-state index in [-0.39, 0.29) is 12.5 Å². The number of halogens is 4. The Bertz CT molecular complexity index is 693. The first kappa shape index (κ1) is 21.5. The Morgan fingerprint density at radius 2 is 1.85 bits per heavy atom. The van der Waals surface area contributed by atoms with Crippen molar-refractivity contribution in [2.45, 2.75) is 31.1 Å². The smallest absolute Gasteiger partial charge is 0.437 e. The third kappa shape index (κ3) is 5.35. The Hall–Kier alpha value is -0.805. The standard InChI is InChI=1S/C15H21BClF3N2O3S/c1-16(23)22-8-6-12(7-9-22)14(11-2-4-13(17)5-3-11)10-21-26(24,25)15(18,19)20/h2-5,12,14,21,23H,6-10H2,1H3. The van der Waals surface area contributed by atoms with Crippen LogP contribution in [0, 0.1) is 5.92 Å². The predicted octanol–water partition coefficient (Wildman–Crippen LogP) is 2.69. The Balaban J connectivity index is 2.17. The number of hydrogen-bond donors (Lipinski definition) is 2. The summed E-state index contributed by atoms with van der Waals surface area (Å²) in [4.78, 5) is 1.87. The van der Waals surface area contributed by atoms with Gasteiger partial charge in [-0.05, 0) is 56.4 Å². The Labute approximate surface area is 156 Å². The summed E-state index contributed by atoms with van der Waals surface area (Å²) < 4.78 is 62.3. The van der Waals surface area contributed by atoms with Crippen molar-refractivity contribution in [1.82, 2.24) is 9.53 Å². The number of benzene rings is 1. The molecule has 146 valence electrons. The zero-order valence-corrected chi connectivity index (χ0v) is 15.8. The Kier molecular flexibility index (Phi) is 7.00. The molecule has 0 radical (unpaired) electrons. The molecule has 5 nitrogen and oxygen atoms in total. The van der Waals surface area contributed by atoms with E-state index in [4.69, 9.17) is 11.6 Å². The number of sulfonamides is 1. The molecule has 1 unspecified atom stereocenters. The van der Waals surface area contributed by atoms with Gasteiger partial charge in [0.1, 0.15) is 0 Å². The average Bonchev–Trinajstić information content (AvgIpc) is 2.56. The summed E-state index contributed by atoms with van der Waals surface area (Å²) >= 11 is 5.87. The minimum Gasteiger partial charge on any atom is -0.437 e. The van der Waals surface area contributed by atoms with E-state index in [1.54, 1.807) is 35.8 Å². The lowest BCUT2D eigenvalue weighted by atomic mass is 9.76. The Morgan fingerprint density at radius 3 is 2.31 bits per heavy atom. The molecule has 0 saturated carbocycles. The molecule has 0 bridgehead atoms. The van der Waals surface area contributed by atoms with Gasteiger partial charge in [-0.25, -0.2) is 13.1 Å². The highest BCUT2D eigenvalue weighted by molar-refractivity contribution is 7.90. The minimum atomic E-state index is -5.40. The van der Waals surface area contributed by atoms with Crippen molar-refractivity contribution in [3.8, 4) is 0 Å². The SMILES string of the molecule is CB(O)N1CCC(C(CNS(=O)(=O)C(F)(F)F)c2ccc(Cl)cc2)CC1. The monoisotopic (exact) mass is 412 g/mol. The van der Waals surface area contributed by atoms with E-state index in [9.17, 15) is 26.6 Å². The molecule has 0 aliphatic carbocycles. The Morgan fingerprint density at radius 1 is 1.31 bits per heavy atom. The maximum absolute atomic E-state index is 12.6. The lowest BCUT2D eigenvalue weighted by Gasteiger charge is -2.37. The van der Waals surface area contributed by atoms with E-state index in [1.807, 2.05) is 4.81 Å². The highest BCUT2D eigenvalue weighted by atomic mass is 35.5. The molecule has 26 heavy (non-hydrogen) atoms. The zero-order chi connectivity index (χ0) is 19.5. The second-order valence-corrected chi connectivity index (χ2v) is 8.66.